The maximum absolute atomic E-state index is 11.3. The van der Waals surface area contributed by atoms with Crippen LogP contribution in [0.1, 0.15) is 26.7 Å². The monoisotopic (exact) mass is 225 g/mol. The Balaban J connectivity index is 1.60. The second-order valence-electron chi connectivity index (χ2n) is 5.41. The topological polar surface area (TPSA) is 44.4 Å². The minimum Gasteiger partial charge on any atom is -0.336 e. The molecule has 2 fully saturated rings. The number of amides is 2. The molecule has 0 spiro atoms. The molecule has 4 nitrogen and oxygen atoms in total. The average molecular weight is 225 g/mol. The first-order valence-electron chi connectivity index (χ1n) is 6.37. The molecule has 0 aromatic heterocycles. The first kappa shape index (κ1) is 11.7. The van der Waals surface area contributed by atoms with Gasteiger partial charge in [0.25, 0.3) is 0 Å². The number of rotatable bonds is 6. The van der Waals surface area contributed by atoms with Gasteiger partial charge in [0.15, 0.2) is 0 Å². The van der Waals surface area contributed by atoms with Gasteiger partial charge in [0.1, 0.15) is 0 Å². The third kappa shape index (κ3) is 2.48. The van der Waals surface area contributed by atoms with Crippen molar-refractivity contribution in [3.8, 4) is 0 Å². The lowest BCUT2D eigenvalue weighted by atomic mass is 9.92. The lowest BCUT2D eigenvalue weighted by Crippen LogP contribution is -2.37. The molecule has 0 aromatic rings. The molecule has 2 N–H and O–H groups in total. The van der Waals surface area contributed by atoms with Crippen LogP contribution < -0.4 is 10.6 Å². The summed E-state index contributed by atoms with van der Waals surface area (Å²) in [4.78, 5) is 13.1. The van der Waals surface area contributed by atoms with Crippen molar-refractivity contribution in [2.24, 2.45) is 11.3 Å². The van der Waals surface area contributed by atoms with Gasteiger partial charge in [-0.2, -0.15) is 0 Å². The van der Waals surface area contributed by atoms with E-state index in [4.69, 9.17) is 0 Å². The Morgan fingerprint density at radius 1 is 1.50 bits per heavy atom. The lowest BCUT2D eigenvalue weighted by molar-refractivity contribution is 0.216. The number of urea groups is 1. The largest absolute Gasteiger partial charge is 0.336 e. The van der Waals surface area contributed by atoms with Gasteiger partial charge in [0, 0.05) is 32.7 Å². The highest BCUT2D eigenvalue weighted by Gasteiger charge is 2.44. The molecule has 1 aliphatic carbocycles. The van der Waals surface area contributed by atoms with E-state index in [1.54, 1.807) is 0 Å². The number of hydrogen-bond acceptors (Lipinski definition) is 2. The normalized spacial score (nSPS) is 22.7. The van der Waals surface area contributed by atoms with E-state index in [2.05, 4.69) is 24.5 Å². The SMILES string of the molecule is CC(C)C1(CNCCN2CCNC2=O)CC1. The van der Waals surface area contributed by atoms with Crippen LogP contribution in [-0.2, 0) is 0 Å². The predicted molar refractivity (Wildman–Crippen MR) is 64.3 cm³/mol. The summed E-state index contributed by atoms with van der Waals surface area (Å²) in [5.74, 6) is 0.773. The molecular weight excluding hydrogens is 202 g/mol. The van der Waals surface area contributed by atoms with Gasteiger partial charge in [0.05, 0.1) is 0 Å². The van der Waals surface area contributed by atoms with Gasteiger partial charge in [-0.25, -0.2) is 4.79 Å². The molecular formula is C12H23N3O. The molecule has 0 aromatic carbocycles. The smallest absolute Gasteiger partial charge is 0.317 e. The zero-order valence-electron chi connectivity index (χ0n) is 10.4. The summed E-state index contributed by atoms with van der Waals surface area (Å²) in [6.07, 6.45) is 2.73. The Hall–Kier alpha value is -0.770. The zero-order valence-corrected chi connectivity index (χ0v) is 10.4. The molecule has 2 rings (SSSR count). The summed E-state index contributed by atoms with van der Waals surface area (Å²) < 4.78 is 0. The highest BCUT2D eigenvalue weighted by molar-refractivity contribution is 5.76. The van der Waals surface area contributed by atoms with E-state index in [9.17, 15) is 4.79 Å². The van der Waals surface area contributed by atoms with Crippen LogP contribution in [0.15, 0.2) is 0 Å². The van der Waals surface area contributed by atoms with E-state index in [1.165, 1.54) is 12.8 Å². The van der Waals surface area contributed by atoms with Gasteiger partial charge >= 0.3 is 6.03 Å². The van der Waals surface area contributed by atoms with E-state index < -0.39 is 0 Å². The van der Waals surface area contributed by atoms with Gasteiger partial charge < -0.3 is 15.5 Å². The number of hydrogen-bond donors (Lipinski definition) is 2. The molecule has 0 unspecified atom stereocenters. The van der Waals surface area contributed by atoms with Crippen LogP contribution in [0, 0.1) is 11.3 Å². The van der Waals surface area contributed by atoms with Crippen molar-refractivity contribution in [3.05, 3.63) is 0 Å². The Morgan fingerprint density at radius 3 is 2.75 bits per heavy atom. The molecule has 4 heteroatoms. The second kappa shape index (κ2) is 4.62. The number of nitrogens with zero attached hydrogens (tertiary/aromatic N) is 1. The van der Waals surface area contributed by atoms with Crippen LogP contribution in [-0.4, -0.2) is 43.7 Å². The Bertz CT molecular complexity index is 261. The average Bonchev–Trinajstić information content (AvgIpc) is 2.93. The Labute approximate surface area is 97.8 Å². The molecule has 2 amide bonds. The van der Waals surface area contributed by atoms with E-state index in [0.717, 1.165) is 38.6 Å². The molecule has 1 saturated heterocycles. The predicted octanol–water partition coefficient (Wildman–Crippen LogP) is 1.04. The van der Waals surface area contributed by atoms with Crippen LogP contribution in [0.25, 0.3) is 0 Å². The summed E-state index contributed by atoms with van der Waals surface area (Å²) in [7, 11) is 0. The molecule has 16 heavy (non-hydrogen) atoms. The second-order valence-corrected chi connectivity index (χ2v) is 5.41. The van der Waals surface area contributed by atoms with Crippen molar-refractivity contribution in [2.45, 2.75) is 26.7 Å². The van der Waals surface area contributed by atoms with Gasteiger partial charge in [-0.05, 0) is 24.2 Å². The van der Waals surface area contributed by atoms with E-state index in [-0.39, 0.29) is 6.03 Å². The molecule has 0 atom stereocenters. The van der Waals surface area contributed by atoms with Crippen molar-refractivity contribution < 1.29 is 4.79 Å². The van der Waals surface area contributed by atoms with Crippen molar-refractivity contribution in [2.75, 3.05) is 32.7 Å². The first-order chi connectivity index (χ1) is 7.64. The summed E-state index contributed by atoms with van der Waals surface area (Å²) in [5, 5.41) is 6.31. The maximum atomic E-state index is 11.3. The molecule has 1 aliphatic heterocycles. The van der Waals surface area contributed by atoms with Crippen LogP contribution in [0.2, 0.25) is 0 Å². The van der Waals surface area contributed by atoms with Crippen molar-refractivity contribution in [1.29, 1.82) is 0 Å². The first-order valence-corrected chi connectivity index (χ1v) is 6.37. The molecule has 2 aliphatic rings. The summed E-state index contributed by atoms with van der Waals surface area (Å²) in [6, 6.07) is 0.0896. The fraction of sp³-hybridized carbons (Fsp3) is 0.917. The molecule has 0 bridgehead atoms. The van der Waals surface area contributed by atoms with E-state index in [0.29, 0.717) is 5.41 Å². The number of nitrogens with one attached hydrogen (secondary N) is 2. The number of carbonyl (C=O) groups excluding carboxylic acids is 1. The minimum atomic E-state index is 0.0896. The zero-order chi connectivity index (χ0) is 11.6. The Kier molecular flexibility index (Phi) is 3.38. The van der Waals surface area contributed by atoms with Gasteiger partial charge in [-0.3, -0.25) is 0 Å². The summed E-state index contributed by atoms with van der Waals surface area (Å²) >= 11 is 0. The quantitative estimate of drug-likeness (QED) is 0.663. The van der Waals surface area contributed by atoms with Crippen molar-refractivity contribution in [3.63, 3.8) is 0 Å². The Morgan fingerprint density at radius 2 is 2.25 bits per heavy atom. The van der Waals surface area contributed by atoms with Crippen molar-refractivity contribution in [1.82, 2.24) is 15.5 Å². The van der Waals surface area contributed by atoms with E-state index >= 15 is 0 Å². The van der Waals surface area contributed by atoms with Crippen molar-refractivity contribution >= 4 is 6.03 Å². The van der Waals surface area contributed by atoms with Gasteiger partial charge in [0.2, 0.25) is 0 Å². The third-order valence-corrected chi connectivity index (χ3v) is 4.10. The van der Waals surface area contributed by atoms with E-state index in [1.807, 2.05) is 4.90 Å². The molecule has 92 valence electrons. The van der Waals surface area contributed by atoms with Gasteiger partial charge in [-0.1, -0.05) is 13.8 Å². The van der Waals surface area contributed by atoms with Crippen LogP contribution in [0.3, 0.4) is 0 Å². The third-order valence-electron chi connectivity index (χ3n) is 4.10. The standard InChI is InChI=1S/C12H23N3O/c1-10(2)12(3-4-12)9-13-5-7-15-8-6-14-11(15)16/h10,13H,3-9H2,1-2H3,(H,14,16). The highest BCUT2D eigenvalue weighted by atomic mass is 16.2. The van der Waals surface area contributed by atoms with Crippen LogP contribution >= 0.6 is 0 Å². The minimum absolute atomic E-state index is 0.0896. The fourth-order valence-corrected chi connectivity index (χ4v) is 2.39. The van der Waals surface area contributed by atoms with Gasteiger partial charge in [-0.15, -0.1) is 0 Å². The maximum Gasteiger partial charge on any atom is 0.317 e. The lowest BCUT2D eigenvalue weighted by Gasteiger charge is -2.21. The van der Waals surface area contributed by atoms with Crippen LogP contribution in [0.4, 0.5) is 4.79 Å². The summed E-state index contributed by atoms with van der Waals surface area (Å²) in [5.41, 5.74) is 0.563. The summed E-state index contributed by atoms with van der Waals surface area (Å²) in [6.45, 7) is 9.14. The fourth-order valence-electron chi connectivity index (χ4n) is 2.39. The molecule has 1 heterocycles. The number of carbonyl (C=O) groups is 1. The molecule has 0 radical (unpaired) electrons. The van der Waals surface area contributed by atoms with Crippen LogP contribution in [0.5, 0.6) is 0 Å². The molecule has 1 saturated carbocycles. The highest BCUT2D eigenvalue weighted by Crippen LogP contribution is 2.51.